The number of aromatic nitrogens is 2. The van der Waals surface area contributed by atoms with E-state index in [4.69, 9.17) is 5.14 Å². The Balaban J connectivity index is 2.30. The number of nitrogens with two attached hydrogens (primary N) is 1. The second kappa shape index (κ2) is 5.05. The number of thiophene rings is 1. The molecule has 4 N–H and O–H groups in total. The highest BCUT2D eigenvalue weighted by molar-refractivity contribution is 7.91. The van der Waals surface area contributed by atoms with Gasteiger partial charge in [-0.2, -0.15) is 0 Å². The number of primary sulfonamides is 1. The monoisotopic (exact) mass is 330 g/mol. The van der Waals surface area contributed by atoms with Crippen molar-refractivity contribution in [2.24, 2.45) is 5.14 Å². The first-order valence-corrected chi connectivity index (χ1v) is 8.76. The van der Waals surface area contributed by atoms with Gasteiger partial charge in [-0.05, 0) is 32.0 Å². The smallest absolute Gasteiger partial charge is 0.317 e. The summed E-state index contributed by atoms with van der Waals surface area (Å²) in [7, 11) is -3.90. The highest BCUT2D eigenvalue weighted by Crippen LogP contribution is 2.28. The lowest BCUT2D eigenvalue weighted by atomic mass is 10.1. The van der Waals surface area contributed by atoms with Crippen LogP contribution in [0.2, 0.25) is 0 Å². The van der Waals surface area contributed by atoms with E-state index in [9.17, 15) is 18.0 Å². The van der Waals surface area contributed by atoms with Crippen LogP contribution in [0.1, 0.15) is 18.9 Å². The van der Waals surface area contributed by atoms with Crippen LogP contribution in [-0.2, 0) is 10.0 Å². The second-order valence-corrected chi connectivity index (χ2v) is 7.76. The van der Waals surface area contributed by atoms with E-state index in [2.05, 4.69) is 10.3 Å². The van der Waals surface area contributed by atoms with Crippen molar-refractivity contribution in [2.75, 3.05) is 13.1 Å². The van der Waals surface area contributed by atoms with Crippen LogP contribution in [0, 0.1) is 0 Å². The van der Waals surface area contributed by atoms with E-state index < -0.39 is 21.3 Å². The predicted octanol–water partition coefficient (Wildman–Crippen LogP) is -0.677. The highest BCUT2D eigenvalue weighted by Gasteiger charge is 2.23. The van der Waals surface area contributed by atoms with Gasteiger partial charge in [0.25, 0.3) is 5.56 Å². The van der Waals surface area contributed by atoms with Crippen LogP contribution >= 0.6 is 11.3 Å². The number of nitrogens with zero attached hydrogens (tertiary/aromatic N) is 1. The first kappa shape index (κ1) is 14.4. The first-order chi connectivity index (χ1) is 9.88. The highest BCUT2D eigenvalue weighted by atomic mass is 32.2. The third-order valence-electron chi connectivity index (χ3n) is 3.55. The molecule has 2 aromatic rings. The van der Waals surface area contributed by atoms with Crippen molar-refractivity contribution in [3.63, 3.8) is 0 Å². The number of fused-ring (bicyclic) bond motifs is 1. The molecule has 0 spiro atoms. The van der Waals surface area contributed by atoms with E-state index >= 15 is 0 Å². The zero-order chi connectivity index (χ0) is 15.2. The average Bonchev–Trinajstić information content (AvgIpc) is 2.85. The van der Waals surface area contributed by atoms with E-state index in [0.717, 1.165) is 37.3 Å². The number of rotatable bonds is 2. The Bertz CT molecular complexity index is 902. The summed E-state index contributed by atoms with van der Waals surface area (Å²) in [5, 5.41) is 8.49. The number of sulfonamides is 1. The maximum Gasteiger partial charge on any atom is 0.329 e. The number of piperidine rings is 1. The Labute approximate surface area is 123 Å². The number of hydrogen-bond donors (Lipinski definition) is 3. The summed E-state index contributed by atoms with van der Waals surface area (Å²) in [6.45, 7) is 1.54. The second-order valence-electron chi connectivity index (χ2n) is 4.94. The van der Waals surface area contributed by atoms with Crippen molar-refractivity contribution in [3.8, 4) is 0 Å². The van der Waals surface area contributed by atoms with E-state index in [1.807, 2.05) is 0 Å². The van der Waals surface area contributed by atoms with Crippen LogP contribution in [0.15, 0.2) is 19.9 Å². The van der Waals surface area contributed by atoms with E-state index in [-0.39, 0.29) is 15.6 Å². The summed E-state index contributed by atoms with van der Waals surface area (Å²) in [5.74, 6) is 0. The molecule has 0 unspecified atom stereocenters. The van der Waals surface area contributed by atoms with Crippen molar-refractivity contribution in [3.05, 3.63) is 26.9 Å². The molecule has 0 radical (unpaired) electrons. The summed E-state index contributed by atoms with van der Waals surface area (Å²) >= 11 is 0.862. The Morgan fingerprint density at radius 1 is 1.29 bits per heavy atom. The molecule has 0 aliphatic carbocycles. The molecule has 1 saturated heterocycles. The fourth-order valence-electron chi connectivity index (χ4n) is 2.55. The van der Waals surface area contributed by atoms with Gasteiger partial charge in [0, 0.05) is 6.04 Å². The topological polar surface area (TPSA) is 127 Å². The molecule has 114 valence electrons. The normalized spacial score (nSPS) is 17.4. The van der Waals surface area contributed by atoms with Crippen molar-refractivity contribution >= 4 is 31.6 Å². The van der Waals surface area contributed by atoms with Crippen molar-refractivity contribution in [1.82, 2.24) is 14.9 Å². The molecule has 0 bridgehead atoms. The van der Waals surface area contributed by atoms with Gasteiger partial charge in [-0.15, -0.1) is 11.3 Å². The lowest BCUT2D eigenvalue weighted by molar-refractivity contribution is 0.366. The van der Waals surface area contributed by atoms with Crippen molar-refractivity contribution in [1.29, 1.82) is 0 Å². The number of nitrogens with one attached hydrogen (secondary N) is 2. The van der Waals surface area contributed by atoms with Crippen molar-refractivity contribution in [2.45, 2.75) is 23.1 Å². The molecular weight excluding hydrogens is 316 g/mol. The minimum atomic E-state index is -3.90. The molecular formula is C11H14N4O4S2. The molecule has 8 nitrogen and oxygen atoms in total. The minimum Gasteiger partial charge on any atom is -0.317 e. The third-order valence-corrected chi connectivity index (χ3v) is 6.10. The molecule has 21 heavy (non-hydrogen) atoms. The molecule has 0 saturated carbocycles. The summed E-state index contributed by atoms with van der Waals surface area (Å²) < 4.78 is 24.3. The quantitative estimate of drug-likeness (QED) is 0.672. The molecule has 3 rings (SSSR count). The van der Waals surface area contributed by atoms with Gasteiger partial charge in [0.1, 0.15) is 9.04 Å². The Hall–Kier alpha value is -1.49. The number of aromatic amines is 1. The zero-order valence-electron chi connectivity index (χ0n) is 11.0. The third kappa shape index (κ3) is 2.55. The van der Waals surface area contributed by atoms with Gasteiger partial charge >= 0.3 is 5.69 Å². The van der Waals surface area contributed by atoms with Crippen LogP contribution in [0.4, 0.5) is 0 Å². The van der Waals surface area contributed by atoms with Gasteiger partial charge in [-0.1, -0.05) is 0 Å². The SMILES string of the molecule is NS(=O)(=O)c1cc2c(=O)[nH]c(=O)n(C3CCNCC3)c2s1. The van der Waals surface area contributed by atoms with E-state index in [0.29, 0.717) is 4.83 Å². The maximum atomic E-state index is 12.1. The summed E-state index contributed by atoms with van der Waals surface area (Å²) in [4.78, 5) is 26.6. The first-order valence-electron chi connectivity index (χ1n) is 6.40. The fourth-order valence-corrected chi connectivity index (χ4v) is 4.50. The summed E-state index contributed by atoms with van der Waals surface area (Å²) in [6.07, 6.45) is 1.48. The number of H-pyrrole nitrogens is 1. The number of hydrogen-bond acceptors (Lipinski definition) is 6. The lowest BCUT2D eigenvalue weighted by Gasteiger charge is -2.24. The molecule has 10 heteroatoms. The standard InChI is InChI=1S/C11H14N4O4S2/c12-21(18,19)8-5-7-9(16)14-11(17)15(10(7)20-8)6-1-3-13-4-2-6/h5-6,13H,1-4H2,(H2,12,18,19)(H,14,16,17). The maximum absolute atomic E-state index is 12.1. The molecule has 1 fully saturated rings. The molecule has 0 atom stereocenters. The molecule has 2 aromatic heterocycles. The van der Waals surface area contributed by atoms with Gasteiger partial charge in [-0.3, -0.25) is 14.3 Å². The van der Waals surface area contributed by atoms with Gasteiger partial charge in [0.2, 0.25) is 10.0 Å². The Kier molecular flexibility index (Phi) is 3.48. The minimum absolute atomic E-state index is 0.0647. The average molecular weight is 330 g/mol. The van der Waals surface area contributed by atoms with Crippen LogP contribution in [0.3, 0.4) is 0 Å². The van der Waals surface area contributed by atoms with E-state index in [1.165, 1.54) is 10.6 Å². The van der Waals surface area contributed by atoms with Crippen LogP contribution in [-0.4, -0.2) is 31.1 Å². The summed E-state index contributed by atoms with van der Waals surface area (Å²) in [6, 6.07) is 1.16. The van der Waals surface area contributed by atoms with E-state index in [1.54, 1.807) is 0 Å². The van der Waals surface area contributed by atoms with Crippen LogP contribution in [0.5, 0.6) is 0 Å². The Morgan fingerprint density at radius 2 is 1.95 bits per heavy atom. The Morgan fingerprint density at radius 3 is 2.57 bits per heavy atom. The fraction of sp³-hybridized carbons (Fsp3) is 0.455. The molecule has 1 aliphatic heterocycles. The van der Waals surface area contributed by atoms with Gasteiger partial charge in [-0.25, -0.2) is 18.4 Å². The largest absolute Gasteiger partial charge is 0.329 e. The van der Waals surface area contributed by atoms with Crippen LogP contribution in [0.25, 0.3) is 10.2 Å². The van der Waals surface area contributed by atoms with Gasteiger partial charge in [0.05, 0.1) is 5.39 Å². The lowest BCUT2D eigenvalue weighted by Crippen LogP contribution is -2.37. The molecule has 0 amide bonds. The van der Waals surface area contributed by atoms with Crippen LogP contribution < -0.4 is 21.7 Å². The molecule has 0 aromatic carbocycles. The van der Waals surface area contributed by atoms with Gasteiger partial charge < -0.3 is 5.32 Å². The molecule has 1 aliphatic rings. The zero-order valence-corrected chi connectivity index (χ0v) is 12.6. The summed E-state index contributed by atoms with van der Waals surface area (Å²) in [5.41, 5.74) is -1.10. The predicted molar refractivity (Wildman–Crippen MR) is 79.2 cm³/mol. The van der Waals surface area contributed by atoms with Crippen molar-refractivity contribution < 1.29 is 8.42 Å². The molecule has 3 heterocycles. The van der Waals surface area contributed by atoms with Gasteiger partial charge in [0.15, 0.2) is 0 Å².